The lowest BCUT2D eigenvalue weighted by molar-refractivity contribution is -0.143. The monoisotopic (exact) mass is 471 g/mol. The molecule has 176 valence electrons. The van der Waals surface area contributed by atoms with Gasteiger partial charge in [0.1, 0.15) is 5.82 Å². The maximum absolute atomic E-state index is 14.7. The van der Waals surface area contributed by atoms with Gasteiger partial charge >= 0.3 is 5.97 Å². The number of aromatic nitrogens is 2. The molecule has 1 saturated carbocycles. The molecule has 1 aromatic carbocycles. The molecule has 2 atom stereocenters. The Hall–Kier alpha value is -2.45. The van der Waals surface area contributed by atoms with Crippen molar-refractivity contribution in [1.29, 1.82) is 0 Å². The number of halogens is 1. The summed E-state index contributed by atoms with van der Waals surface area (Å²) in [5.74, 6) is -0.438. The molecular formula is C25H30FN3O3S. The molecular weight excluding hydrogens is 441 g/mol. The van der Waals surface area contributed by atoms with E-state index in [-0.39, 0.29) is 35.2 Å². The number of likely N-dealkylation sites (tertiary alicyclic amines) is 1. The number of ketones is 1. The number of nitrogens with zero attached hydrogens (tertiary/aromatic N) is 3. The van der Waals surface area contributed by atoms with E-state index in [0.717, 1.165) is 30.5 Å². The standard InChI is InChI=1S/C25H30FN3O3S/c1-2-32-23(30)11-14-29-13-9-19(27-29)15-18-16-28(12-10-22(18)33)24(25(31)17-7-8-17)20-5-3-4-6-21(20)26/h3-6,9,13,15,17,22,24,33H,2,7-8,10-12,14,16H2,1H3/b18-15+/t22-,24?/m0/s1. The number of rotatable bonds is 9. The number of hydrogen-bond acceptors (Lipinski definition) is 6. The minimum absolute atomic E-state index is 0.0332. The minimum atomic E-state index is -0.579. The van der Waals surface area contributed by atoms with E-state index in [9.17, 15) is 14.0 Å². The first kappa shape index (κ1) is 23.7. The van der Waals surface area contributed by atoms with Crippen LogP contribution >= 0.6 is 12.6 Å². The fraction of sp³-hybridized carbons (Fsp3) is 0.480. The molecule has 0 N–H and O–H groups in total. The highest BCUT2D eigenvalue weighted by atomic mass is 32.1. The van der Waals surface area contributed by atoms with Crippen molar-refractivity contribution in [1.82, 2.24) is 14.7 Å². The molecule has 2 aliphatic rings. The Balaban J connectivity index is 1.51. The number of carbonyl (C=O) groups excluding carboxylic acids is 2. The van der Waals surface area contributed by atoms with Gasteiger partial charge in [0.2, 0.25) is 0 Å². The summed E-state index contributed by atoms with van der Waals surface area (Å²) in [7, 11) is 0. The van der Waals surface area contributed by atoms with Crippen molar-refractivity contribution >= 4 is 30.5 Å². The third-order valence-corrected chi connectivity index (χ3v) is 6.75. The third-order valence-electron chi connectivity index (χ3n) is 6.16. The van der Waals surface area contributed by atoms with E-state index in [1.54, 1.807) is 29.8 Å². The summed E-state index contributed by atoms with van der Waals surface area (Å²) in [6.45, 7) is 3.81. The topological polar surface area (TPSA) is 64.4 Å². The second-order valence-corrected chi connectivity index (χ2v) is 9.28. The van der Waals surface area contributed by atoms with Gasteiger partial charge in [-0.2, -0.15) is 17.7 Å². The average Bonchev–Trinajstić information content (AvgIpc) is 3.56. The van der Waals surface area contributed by atoms with Crippen molar-refractivity contribution in [2.24, 2.45) is 5.92 Å². The highest BCUT2D eigenvalue weighted by Gasteiger charge is 2.40. The fourth-order valence-corrected chi connectivity index (χ4v) is 4.55. The van der Waals surface area contributed by atoms with Gasteiger partial charge in [-0.25, -0.2) is 4.39 Å². The first-order valence-electron chi connectivity index (χ1n) is 11.6. The van der Waals surface area contributed by atoms with Crippen molar-refractivity contribution in [2.75, 3.05) is 19.7 Å². The van der Waals surface area contributed by atoms with Crippen molar-refractivity contribution in [3.8, 4) is 0 Å². The molecule has 1 unspecified atom stereocenters. The summed E-state index contributed by atoms with van der Waals surface area (Å²) in [6, 6.07) is 7.90. The number of esters is 1. The van der Waals surface area contributed by atoms with Gasteiger partial charge < -0.3 is 4.74 Å². The molecule has 6 nitrogen and oxygen atoms in total. The minimum Gasteiger partial charge on any atom is -0.466 e. The number of hydrogen-bond donors (Lipinski definition) is 1. The molecule has 0 radical (unpaired) electrons. The number of piperidine rings is 1. The molecule has 33 heavy (non-hydrogen) atoms. The summed E-state index contributed by atoms with van der Waals surface area (Å²) < 4.78 is 21.4. The first-order chi connectivity index (χ1) is 16.0. The summed E-state index contributed by atoms with van der Waals surface area (Å²) in [4.78, 5) is 26.8. The zero-order valence-corrected chi connectivity index (χ0v) is 19.7. The second kappa shape index (κ2) is 10.7. The molecule has 2 aromatic rings. The van der Waals surface area contributed by atoms with Crippen LogP contribution in [0.4, 0.5) is 4.39 Å². The van der Waals surface area contributed by atoms with E-state index in [2.05, 4.69) is 10.00 Å². The molecule has 2 fully saturated rings. The number of benzene rings is 1. The van der Waals surface area contributed by atoms with Gasteiger partial charge in [0.05, 0.1) is 31.3 Å². The fourth-order valence-electron chi connectivity index (χ4n) is 4.28. The molecule has 1 aromatic heterocycles. The molecule has 0 amide bonds. The van der Waals surface area contributed by atoms with Crippen LogP contribution in [0.5, 0.6) is 0 Å². The van der Waals surface area contributed by atoms with Crippen LogP contribution < -0.4 is 0 Å². The van der Waals surface area contributed by atoms with E-state index in [1.165, 1.54) is 6.07 Å². The first-order valence-corrected chi connectivity index (χ1v) is 12.1. The van der Waals surface area contributed by atoms with E-state index >= 15 is 0 Å². The van der Waals surface area contributed by atoms with Gasteiger partial charge in [-0.15, -0.1) is 0 Å². The normalized spacial score (nSPS) is 21.2. The van der Waals surface area contributed by atoms with Crippen molar-refractivity contribution in [3.05, 3.63) is 59.2 Å². The van der Waals surface area contributed by atoms with Crippen LogP contribution in [0.25, 0.3) is 6.08 Å². The second-order valence-electron chi connectivity index (χ2n) is 8.65. The Labute approximate surface area is 199 Å². The van der Waals surface area contributed by atoms with E-state index in [1.807, 2.05) is 18.3 Å². The number of Topliss-reactive ketones (excluding diaryl/α,β-unsaturated/α-hetero) is 1. The lowest BCUT2D eigenvalue weighted by Crippen LogP contribution is -2.42. The Bertz CT molecular complexity index is 1030. The van der Waals surface area contributed by atoms with E-state index in [4.69, 9.17) is 17.4 Å². The van der Waals surface area contributed by atoms with Crippen LogP contribution in [0.15, 0.2) is 42.1 Å². The maximum atomic E-state index is 14.7. The molecule has 8 heteroatoms. The molecule has 0 spiro atoms. The van der Waals surface area contributed by atoms with Gasteiger partial charge in [0.15, 0.2) is 5.78 Å². The van der Waals surface area contributed by atoms with Crippen LogP contribution in [0.2, 0.25) is 0 Å². The Morgan fingerprint density at radius 1 is 1.27 bits per heavy atom. The molecule has 1 saturated heterocycles. The van der Waals surface area contributed by atoms with Crippen LogP contribution in [0.1, 0.15) is 49.9 Å². The molecule has 0 bridgehead atoms. The predicted octanol–water partition coefficient (Wildman–Crippen LogP) is 4.08. The van der Waals surface area contributed by atoms with Crippen molar-refractivity contribution in [3.63, 3.8) is 0 Å². The maximum Gasteiger partial charge on any atom is 0.307 e. The zero-order chi connectivity index (χ0) is 23.4. The third kappa shape index (κ3) is 5.92. The predicted molar refractivity (Wildman–Crippen MR) is 127 cm³/mol. The van der Waals surface area contributed by atoms with Crippen LogP contribution in [-0.4, -0.2) is 51.4 Å². The van der Waals surface area contributed by atoms with Crippen molar-refractivity contribution in [2.45, 2.75) is 50.4 Å². The molecule has 1 aliphatic carbocycles. The molecule has 2 heterocycles. The summed E-state index contributed by atoms with van der Waals surface area (Å²) in [5.41, 5.74) is 2.27. The number of thiol groups is 1. The lowest BCUT2D eigenvalue weighted by Gasteiger charge is -2.37. The van der Waals surface area contributed by atoms with E-state index in [0.29, 0.717) is 31.8 Å². The number of ether oxygens (including phenoxy) is 1. The van der Waals surface area contributed by atoms with Crippen LogP contribution in [0, 0.1) is 11.7 Å². The molecule has 4 rings (SSSR count). The summed E-state index contributed by atoms with van der Waals surface area (Å²) >= 11 is 4.76. The highest BCUT2D eigenvalue weighted by Crippen LogP contribution is 2.39. The van der Waals surface area contributed by atoms with Gasteiger partial charge in [-0.05, 0) is 50.0 Å². The summed E-state index contributed by atoms with van der Waals surface area (Å²) in [5, 5.41) is 4.58. The van der Waals surface area contributed by atoms with Crippen molar-refractivity contribution < 1.29 is 18.7 Å². The lowest BCUT2D eigenvalue weighted by atomic mass is 9.93. The van der Waals surface area contributed by atoms with Gasteiger partial charge in [0, 0.05) is 36.0 Å². The van der Waals surface area contributed by atoms with Gasteiger partial charge in [0.25, 0.3) is 0 Å². The Morgan fingerprint density at radius 3 is 2.79 bits per heavy atom. The average molecular weight is 472 g/mol. The van der Waals surface area contributed by atoms with Crippen LogP contribution in [-0.2, 0) is 20.9 Å². The summed E-state index contributed by atoms with van der Waals surface area (Å²) in [6.07, 6.45) is 6.63. The van der Waals surface area contributed by atoms with E-state index < -0.39 is 6.04 Å². The SMILES string of the molecule is CCOC(=O)CCn1ccc(/C=C2\CN(C(C(=O)C3CC3)c3ccccc3F)CC[C@@H]2S)n1. The highest BCUT2D eigenvalue weighted by molar-refractivity contribution is 7.81. The molecule has 1 aliphatic heterocycles. The number of aryl methyl sites for hydroxylation is 1. The van der Waals surface area contributed by atoms with Crippen LogP contribution in [0.3, 0.4) is 0 Å². The quantitative estimate of drug-likeness (QED) is 0.441. The Morgan fingerprint density at radius 2 is 2.06 bits per heavy atom. The number of carbonyl (C=O) groups is 2. The Kier molecular flexibility index (Phi) is 7.65. The smallest absolute Gasteiger partial charge is 0.307 e. The largest absolute Gasteiger partial charge is 0.466 e. The zero-order valence-electron chi connectivity index (χ0n) is 18.8. The van der Waals surface area contributed by atoms with Gasteiger partial charge in [-0.1, -0.05) is 18.2 Å². The van der Waals surface area contributed by atoms with Gasteiger partial charge in [-0.3, -0.25) is 19.2 Å².